The SMILES string of the molecule is C[C@@H]1COc2cc(-c3noc(C(F)(F)F)n3)cc(F)c2CN1C(=O)[C@@H]1CCN(C)C1. The fourth-order valence-electron chi connectivity index (χ4n) is 3.77. The number of carbonyl (C=O) groups is 1. The Morgan fingerprint density at radius 2 is 2.07 bits per heavy atom. The average Bonchev–Trinajstić information content (AvgIpc) is 3.30. The van der Waals surface area contributed by atoms with Crippen molar-refractivity contribution in [3.63, 3.8) is 0 Å². The van der Waals surface area contributed by atoms with E-state index in [9.17, 15) is 22.4 Å². The van der Waals surface area contributed by atoms with Crippen LogP contribution >= 0.6 is 0 Å². The first-order valence-corrected chi connectivity index (χ1v) is 9.49. The lowest BCUT2D eigenvalue weighted by Crippen LogP contribution is -2.43. The number of hydrogen-bond acceptors (Lipinski definition) is 6. The van der Waals surface area contributed by atoms with Crippen molar-refractivity contribution in [3.8, 4) is 17.1 Å². The van der Waals surface area contributed by atoms with Crippen LogP contribution in [0.1, 0.15) is 24.8 Å². The monoisotopic (exact) mass is 428 g/mol. The van der Waals surface area contributed by atoms with E-state index in [1.807, 2.05) is 14.0 Å². The molecule has 3 heterocycles. The van der Waals surface area contributed by atoms with E-state index >= 15 is 0 Å². The molecule has 4 rings (SSSR count). The Labute approximate surface area is 169 Å². The van der Waals surface area contributed by atoms with Crippen molar-refractivity contribution in [2.75, 3.05) is 26.7 Å². The minimum absolute atomic E-state index is 0.00431. The first-order valence-electron chi connectivity index (χ1n) is 9.49. The zero-order valence-electron chi connectivity index (χ0n) is 16.4. The van der Waals surface area contributed by atoms with Crippen LogP contribution in [0.5, 0.6) is 5.75 Å². The Kier molecular flexibility index (Phi) is 5.16. The molecule has 1 aromatic heterocycles. The smallest absolute Gasteiger partial charge is 0.471 e. The minimum Gasteiger partial charge on any atom is -0.491 e. The number of halogens is 4. The van der Waals surface area contributed by atoms with E-state index in [4.69, 9.17) is 4.74 Å². The summed E-state index contributed by atoms with van der Waals surface area (Å²) in [4.78, 5) is 20.0. The molecule has 0 saturated carbocycles. The zero-order valence-corrected chi connectivity index (χ0v) is 16.4. The maximum Gasteiger partial charge on any atom is 0.471 e. The van der Waals surface area contributed by atoms with E-state index in [0.717, 1.165) is 19.0 Å². The van der Waals surface area contributed by atoms with Gasteiger partial charge in [0.2, 0.25) is 11.7 Å². The second kappa shape index (κ2) is 7.53. The van der Waals surface area contributed by atoms with Gasteiger partial charge < -0.3 is 19.1 Å². The number of ether oxygens (including phenoxy) is 1. The standard InChI is InChI=1S/C19H20F4N4O3/c1-10-9-29-15-6-12(16-24-18(30-25-16)19(21,22)23)5-14(20)13(15)8-27(10)17(28)11-3-4-26(2)7-11/h5-6,10-11H,3-4,7-9H2,1-2H3/t10-,11-/m1/s1. The molecule has 2 aromatic rings. The van der Waals surface area contributed by atoms with Crippen LogP contribution in [0, 0.1) is 11.7 Å². The van der Waals surface area contributed by atoms with Gasteiger partial charge in [-0.3, -0.25) is 4.79 Å². The Bertz CT molecular complexity index is 962. The average molecular weight is 428 g/mol. The van der Waals surface area contributed by atoms with Crippen molar-refractivity contribution in [2.45, 2.75) is 32.1 Å². The topological polar surface area (TPSA) is 71.7 Å². The molecular formula is C19H20F4N4O3. The van der Waals surface area contributed by atoms with Gasteiger partial charge in [0.15, 0.2) is 0 Å². The predicted molar refractivity (Wildman–Crippen MR) is 95.8 cm³/mol. The summed E-state index contributed by atoms with van der Waals surface area (Å²) < 4.78 is 62.9. The molecule has 2 aliphatic heterocycles. The number of aromatic nitrogens is 2. The van der Waals surface area contributed by atoms with Crippen molar-refractivity contribution >= 4 is 5.91 Å². The van der Waals surface area contributed by atoms with E-state index in [0.29, 0.717) is 6.54 Å². The summed E-state index contributed by atoms with van der Waals surface area (Å²) in [6.45, 7) is 3.44. The summed E-state index contributed by atoms with van der Waals surface area (Å²) >= 11 is 0. The number of likely N-dealkylation sites (tertiary alicyclic amines) is 1. The Balaban J connectivity index is 1.62. The van der Waals surface area contributed by atoms with Crippen molar-refractivity contribution in [3.05, 3.63) is 29.4 Å². The maximum absolute atomic E-state index is 14.9. The van der Waals surface area contributed by atoms with Gasteiger partial charge in [-0.05, 0) is 39.1 Å². The highest BCUT2D eigenvalue weighted by molar-refractivity contribution is 5.80. The molecule has 0 radical (unpaired) electrons. The Hall–Kier alpha value is -2.69. The van der Waals surface area contributed by atoms with Crippen LogP contribution in [0.4, 0.5) is 17.6 Å². The number of nitrogens with zero attached hydrogens (tertiary/aromatic N) is 4. The highest BCUT2D eigenvalue weighted by atomic mass is 19.4. The molecule has 1 amide bonds. The van der Waals surface area contributed by atoms with E-state index in [2.05, 4.69) is 19.6 Å². The van der Waals surface area contributed by atoms with Gasteiger partial charge in [-0.1, -0.05) is 5.16 Å². The van der Waals surface area contributed by atoms with Crippen LogP contribution in [-0.2, 0) is 17.5 Å². The molecular weight excluding hydrogens is 408 g/mol. The number of amides is 1. The molecule has 11 heteroatoms. The summed E-state index contributed by atoms with van der Waals surface area (Å²) in [5, 5.41) is 3.29. The first kappa shape index (κ1) is 20.6. The van der Waals surface area contributed by atoms with Crippen molar-refractivity contribution in [2.24, 2.45) is 5.92 Å². The number of alkyl halides is 3. The van der Waals surface area contributed by atoms with Gasteiger partial charge in [0.05, 0.1) is 18.5 Å². The van der Waals surface area contributed by atoms with Crippen LogP contribution in [0.25, 0.3) is 11.4 Å². The number of carbonyl (C=O) groups excluding carboxylic acids is 1. The number of benzene rings is 1. The fraction of sp³-hybridized carbons (Fsp3) is 0.526. The van der Waals surface area contributed by atoms with Crippen LogP contribution in [0.2, 0.25) is 0 Å². The molecule has 2 atom stereocenters. The van der Waals surface area contributed by atoms with Gasteiger partial charge in [-0.15, -0.1) is 0 Å². The van der Waals surface area contributed by atoms with E-state index in [-0.39, 0.29) is 47.9 Å². The van der Waals surface area contributed by atoms with Crippen molar-refractivity contribution in [1.29, 1.82) is 0 Å². The third-order valence-electron chi connectivity index (χ3n) is 5.45. The number of hydrogen-bond donors (Lipinski definition) is 0. The van der Waals surface area contributed by atoms with Gasteiger partial charge in [-0.2, -0.15) is 18.2 Å². The van der Waals surface area contributed by atoms with Gasteiger partial charge in [0, 0.05) is 17.7 Å². The highest BCUT2D eigenvalue weighted by Gasteiger charge is 2.39. The van der Waals surface area contributed by atoms with E-state index in [1.54, 1.807) is 4.90 Å². The molecule has 0 aliphatic carbocycles. The predicted octanol–water partition coefficient (Wildman–Crippen LogP) is 2.96. The minimum atomic E-state index is -4.80. The molecule has 7 nitrogen and oxygen atoms in total. The summed E-state index contributed by atoms with van der Waals surface area (Å²) in [6.07, 6.45) is -4.05. The third kappa shape index (κ3) is 3.85. The molecule has 162 valence electrons. The quantitative estimate of drug-likeness (QED) is 0.685. The third-order valence-corrected chi connectivity index (χ3v) is 5.45. The second-order valence-corrected chi connectivity index (χ2v) is 7.73. The summed E-state index contributed by atoms with van der Waals surface area (Å²) in [6, 6.07) is 2.10. The Morgan fingerprint density at radius 1 is 1.30 bits per heavy atom. The molecule has 0 N–H and O–H groups in total. The van der Waals surface area contributed by atoms with E-state index in [1.165, 1.54) is 6.07 Å². The Morgan fingerprint density at radius 3 is 2.70 bits per heavy atom. The van der Waals surface area contributed by atoms with Gasteiger partial charge in [-0.25, -0.2) is 4.39 Å². The maximum atomic E-state index is 14.9. The van der Waals surface area contributed by atoms with Crippen LogP contribution in [0.3, 0.4) is 0 Å². The normalized spacial score (nSPS) is 22.5. The zero-order chi connectivity index (χ0) is 21.6. The lowest BCUT2D eigenvalue weighted by molar-refractivity contribution is -0.159. The largest absolute Gasteiger partial charge is 0.491 e. The lowest BCUT2D eigenvalue weighted by atomic mass is 10.0. The summed E-state index contributed by atoms with van der Waals surface area (Å²) in [7, 11) is 1.95. The van der Waals surface area contributed by atoms with Crippen LogP contribution in [-0.4, -0.2) is 58.6 Å². The van der Waals surface area contributed by atoms with E-state index < -0.39 is 23.7 Å². The van der Waals surface area contributed by atoms with Crippen LogP contribution in [0.15, 0.2) is 16.7 Å². The molecule has 30 heavy (non-hydrogen) atoms. The molecule has 1 aromatic carbocycles. The van der Waals surface area contributed by atoms with Gasteiger partial charge in [0.1, 0.15) is 18.2 Å². The molecule has 0 bridgehead atoms. The summed E-state index contributed by atoms with van der Waals surface area (Å²) in [5.41, 5.74) is 0.165. The molecule has 0 spiro atoms. The lowest BCUT2D eigenvalue weighted by Gasteiger charge is -2.29. The fourth-order valence-corrected chi connectivity index (χ4v) is 3.77. The molecule has 1 saturated heterocycles. The molecule has 2 aliphatic rings. The number of fused-ring (bicyclic) bond motifs is 1. The van der Waals surface area contributed by atoms with Crippen molar-refractivity contribution in [1.82, 2.24) is 19.9 Å². The summed E-state index contributed by atoms with van der Waals surface area (Å²) in [5.74, 6) is -2.68. The van der Waals surface area contributed by atoms with Crippen LogP contribution < -0.4 is 4.74 Å². The van der Waals surface area contributed by atoms with Gasteiger partial charge >= 0.3 is 12.1 Å². The highest BCUT2D eigenvalue weighted by Crippen LogP contribution is 2.35. The molecule has 1 fully saturated rings. The first-order chi connectivity index (χ1) is 14.1. The van der Waals surface area contributed by atoms with Gasteiger partial charge in [0.25, 0.3) is 0 Å². The number of rotatable bonds is 2. The molecule has 0 unspecified atom stereocenters. The second-order valence-electron chi connectivity index (χ2n) is 7.73. The van der Waals surface area contributed by atoms with Crippen molar-refractivity contribution < 1.29 is 31.6 Å².